The van der Waals surface area contributed by atoms with Gasteiger partial charge in [0.25, 0.3) is 0 Å². The zero-order valence-electron chi connectivity index (χ0n) is 12.2. The van der Waals surface area contributed by atoms with Gasteiger partial charge in [-0.15, -0.1) is 0 Å². The second kappa shape index (κ2) is 6.35. The predicted molar refractivity (Wildman–Crippen MR) is 78.4 cm³/mol. The SMILES string of the molecule is CCC(C)N1CCN(c2ncccc2[C@H](C)O)CC1. The lowest BCUT2D eigenvalue weighted by atomic mass is 10.1. The lowest BCUT2D eigenvalue weighted by molar-refractivity contribution is 0.188. The topological polar surface area (TPSA) is 39.6 Å². The van der Waals surface area contributed by atoms with Crippen LogP contribution in [0, 0.1) is 0 Å². The molecule has 0 saturated carbocycles. The number of rotatable bonds is 4. The van der Waals surface area contributed by atoms with Gasteiger partial charge in [-0.2, -0.15) is 0 Å². The molecule has 1 aromatic heterocycles. The van der Waals surface area contributed by atoms with Gasteiger partial charge in [0, 0.05) is 44.0 Å². The molecule has 0 aromatic carbocycles. The Morgan fingerprint density at radius 3 is 2.53 bits per heavy atom. The Kier molecular flexibility index (Phi) is 4.77. The zero-order chi connectivity index (χ0) is 13.8. The number of piperazine rings is 1. The van der Waals surface area contributed by atoms with Crippen LogP contribution in [0.5, 0.6) is 0 Å². The molecule has 1 aliphatic heterocycles. The molecule has 0 spiro atoms. The lowest BCUT2D eigenvalue weighted by Gasteiger charge is -2.39. The average Bonchev–Trinajstić information content (AvgIpc) is 2.46. The summed E-state index contributed by atoms with van der Waals surface area (Å²) in [5.74, 6) is 0.946. The fourth-order valence-electron chi connectivity index (χ4n) is 2.63. The van der Waals surface area contributed by atoms with E-state index in [9.17, 15) is 5.11 Å². The molecule has 1 aromatic rings. The van der Waals surface area contributed by atoms with Crippen molar-refractivity contribution in [2.45, 2.75) is 39.3 Å². The van der Waals surface area contributed by atoms with Gasteiger partial charge in [0.05, 0.1) is 6.10 Å². The van der Waals surface area contributed by atoms with E-state index in [1.54, 1.807) is 6.92 Å². The standard InChI is InChI=1S/C15H25N3O/c1-4-12(2)17-8-10-18(11-9-17)15-14(13(3)19)6-5-7-16-15/h5-7,12-13,19H,4,8-11H2,1-3H3/t12?,13-/m0/s1. The molecular weight excluding hydrogens is 238 g/mol. The fourth-order valence-corrected chi connectivity index (χ4v) is 2.63. The summed E-state index contributed by atoms with van der Waals surface area (Å²) in [6.07, 6.45) is 2.54. The second-order valence-electron chi connectivity index (χ2n) is 5.37. The van der Waals surface area contributed by atoms with Gasteiger partial charge in [-0.1, -0.05) is 13.0 Å². The van der Waals surface area contributed by atoms with Crippen molar-refractivity contribution in [2.24, 2.45) is 0 Å². The Morgan fingerprint density at radius 1 is 1.26 bits per heavy atom. The third-order valence-electron chi connectivity index (χ3n) is 4.09. The molecule has 1 N–H and O–H groups in total. The van der Waals surface area contributed by atoms with Gasteiger partial charge in [0.2, 0.25) is 0 Å². The van der Waals surface area contributed by atoms with Crippen molar-refractivity contribution >= 4 is 5.82 Å². The minimum Gasteiger partial charge on any atom is -0.389 e. The van der Waals surface area contributed by atoms with Crippen molar-refractivity contribution < 1.29 is 5.11 Å². The van der Waals surface area contributed by atoms with Crippen LogP contribution < -0.4 is 4.90 Å². The first kappa shape index (κ1) is 14.3. The van der Waals surface area contributed by atoms with Gasteiger partial charge < -0.3 is 10.0 Å². The molecule has 19 heavy (non-hydrogen) atoms. The fraction of sp³-hybridized carbons (Fsp3) is 0.667. The molecule has 1 unspecified atom stereocenters. The number of hydrogen-bond donors (Lipinski definition) is 1. The van der Waals surface area contributed by atoms with Crippen LogP contribution in [0.2, 0.25) is 0 Å². The molecule has 0 radical (unpaired) electrons. The summed E-state index contributed by atoms with van der Waals surface area (Å²) in [4.78, 5) is 9.28. The molecular formula is C15H25N3O. The highest BCUT2D eigenvalue weighted by Crippen LogP contribution is 2.24. The van der Waals surface area contributed by atoms with Gasteiger partial charge in [-0.05, 0) is 26.3 Å². The van der Waals surface area contributed by atoms with Crippen LogP contribution in [-0.2, 0) is 0 Å². The van der Waals surface area contributed by atoms with Crippen molar-refractivity contribution in [2.75, 3.05) is 31.1 Å². The van der Waals surface area contributed by atoms with Crippen LogP contribution in [0.25, 0.3) is 0 Å². The summed E-state index contributed by atoms with van der Waals surface area (Å²) in [5, 5.41) is 9.84. The molecule has 1 saturated heterocycles. The monoisotopic (exact) mass is 263 g/mol. The molecule has 4 heteroatoms. The maximum atomic E-state index is 9.84. The minimum atomic E-state index is -0.462. The Hall–Kier alpha value is -1.13. The molecule has 0 aliphatic carbocycles. The molecule has 2 atom stereocenters. The summed E-state index contributed by atoms with van der Waals surface area (Å²) in [5.41, 5.74) is 0.930. The zero-order valence-corrected chi connectivity index (χ0v) is 12.2. The van der Waals surface area contributed by atoms with Crippen LogP contribution in [0.1, 0.15) is 38.9 Å². The number of aliphatic hydroxyl groups excluding tert-OH is 1. The summed E-state index contributed by atoms with van der Waals surface area (Å²) in [7, 11) is 0. The van der Waals surface area contributed by atoms with Crippen molar-refractivity contribution in [3.63, 3.8) is 0 Å². The van der Waals surface area contributed by atoms with E-state index < -0.39 is 6.10 Å². The Balaban J connectivity index is 2.06. The third-order valence-corrected chi connectivity index (χ3v) is 4.09. The molecule has 1 aliphatic rings. The van der Waals surface area contributed by atoms with Crippen LogP contribution in [0.3, 0.4) is 0 Å². The van der Waals surface area contributed by atoms with E-state index in [2.05, 4.69) is 28.6 Å². The molecule has 2 rings (SSSR count). The number of aliphatic hydroxyl groups is 1. The number of aromatic nitrogens is 1. The molecule has 0 bridgehead atoms. The lowest BCUT2D eigenvalue weighted by Crippen LogP contribution is -2.50. The molecule has 4 nitrogen and oxygen atoms in total. The van der Waals surface area contributed by atoms with Crippen LogP contribution in [0.4, 0.5) is 5.82 Å². The third kappa shape index (κ3) is 3.25. The summed E-state index contributed by atoms with van der Waals surface area (Å²) < 4.78 is 0. The quantitative estimate of drug-likeness (QED) is 0.902. The maximum Gasteiger partial charge on any atom is 0.134 e. The number of hydrogen-bond acceptors (Lipinski definition) is 4. The number of anilines is 1. The van der Waals surface area contributed by atoms with E-state index in [0.29, 0.717) is 6.04 Å². The minimum absolute atomic E-state index is 0.462. The van der Waals surface area contributed by atoms with Gasteiger partial charge in [-0.25, -0.2) is 4.98 Å². The number of pyridine rings is 1. The van der Waals surface area contributed by atoms with Gasteiger partial charge >= 0.3 is 0 Å². The Labute approximate surface area is 116 Å². The first-order valence-electron chi connectivity index (χ1n) is 7.25. The van der Waals surface area contributed by atoms with E-state index >= 15 is 0 Å². The van der Waals surface area contributed by atoms with Crippen LogP contribution in [0.15, 0.2) is 18.3 Å². The molecule has 1 fully saturated rings. The van der Waals surface area contributed by atoms with Crippen molar-refractivity contribution in [3.05, 3.63) is 23.9 Å². The van der Waals surface area contributed by atoms with Gasteiger partial charge in [0.15, 0.2) is 0 Å². The van der Waals surface area contributed by atoms with E-state index in [-0.39, 0.29) is 0 Å². The maximum absolute atomic E-state index is 9.84. The predicted octanol–water partition coefficient (Wildman–Crippen LogP) is 2.06. The molecule has 106 valence electrons. The smallest absolute Gasteiger partial charge is 0.134 e. The Bertz CT molecular complexity index is 400. The summed E-state index contributed by atoms with van der Waals surface area (Å²) >= 11 is 0. The van der Waals surface area contributed by atoms with Crippen molar-refractivity contribution in [1.82, 2.24) is 9.88 Å². The number of nitrogens with zero attached hydrogens (tertiary/aromatic N) is 3. The van der Waals surface area contributed by atoms with Crippen LogP contribution in [-0.4, -0.2) is 47.2 Å². The average molecular weight is 263 g/mol. The summed E-state index contributed by atoms with van der Waals surface area (Å²) in [6, 6.07) is 4.51. The normalized spacial score (nSPS) is 20.3. The van der Waals surface area contributed by atoms with Crippen molar-refractivity contribution in [1.29, 1.82) is 0 Å². The molecule has 0 amide bonds. The van der Waals surface area contributed by atoms with E-state index in [0.717, 1.165) is 37.6 Å². The van der Waals surface area contributed by atoms with E-state index in [4.69, 9.17) is 0 Å². The van der Waals surface area contributed by atoms with E-state index in [1.807, 2.05) is 18.3 Å². The second-order valence-corrected chi connectivity index (χ2v) is 5.37. The van der Waals surface area contributed by atoms with Gasteiger partial charge in [-0.3, -0.25) is 4.90 Å². The van der Waals surface area contributed by atoms with Crippen LogP contribution >= 0.6 is 0 Å². The first-order chi connectivity index (χ1) is 9.13. The largest absolute Gasteiger partial charge is 0.389 e. The van der Waals surface area contributed by atoms with Gasteiger partial charge in [0.1, 0.15) is 5.82 Å². The highest BCUT2D eigenvalue weighted by atomic mass is 16.3. The molecule has 2 heterocycles. The summed E-state index contributed by atoms with van der Waals surface area (Å²) in [6.45, 7) is 10.5. The first-order valence-corrected chi connectivity index (χ1v) is 7.25. The Morgan fingerprint density at radius 2 is 1.95 bits per heavy atom. The van der Waals surface area contributed by atoms with Crippen molar-refractivity contribution in [3.8, 4) is 0 Å². The van der Waals surface area contributed by atoms with E-state index in [1.165, 1.54) is 6.42 Å². The highest BCUT2D eigenvalue weighted by molar-refractivity contribution is 5.48. The highest BCUT2D eigenvalue weighted by Gasteiger charge is 2.23.